The molecule has 0 radical (unpaired) electrons. The normalized spacial score (nSPS) is 19.8. The zero-order valence-corrected chi connectivity index (χ0v) is 18.5. The molecule has 1 aliphatic heterocycles. The van der Waals surface area contributed by atoms with Crippen LogP contribution >= 0.6 is 0 Å². The number of β-amino-alcohol motifs (C(OH)–C–C–N with tert-alkyl or cyclic N) is 1. The summed E-state index contributed by atoms with van der Waals surface area (Å²) in [5.74, 6) is 2.11. The van der Waals surface area contributed by atoms with Crippen LogP contribution in [0.3, 0.4) is 0 Å². The molecule has 1 saturated heterocycles. The van der Waals surface area contributed by atoms with Crippen molar-refractivity contribution in [2.75, 3.05) is 32.1 Å². The molecule has 2 atom stereocenters. The van der Waals surface area contributed by atoms with E-state index in [1.807, 2.05) is 35.0 Å². The van der Waals surface area contributed by atoms with Crippen molar-refractivity contribution in [1.29, 1.82) is 0 Å². The number of hydrogen-bond acceptors (Lipinski definition) is 7. The summed E-state index contributed by atoms with van der Waals surface area (Å²) in [6, 6.07) is 10.0. The van der Waals surface area contributed by atoms with E-state index in [0.717, 1.165) is 54.4 Å². The molecule has 0 bridgehead atoms. The van der Waals surface area contributed by atoms with Gasteiger partial charge in [0.2, 0.25) is 0 Å². The second kappa shape index (κ2) is 9.64. The first-order chi connectivity index (χ1) is 15.0. The number of piperidine rings is 1. The Hall–Kier alpha value is -2.68. The molecule has 3 N–H and O–H groups in total. The van der Waals surface area contributed by atoms with E-state index in [9.17, 15) is 5.11 Å². The Balaban J connectivity index is 1.49. The second-order valence-electron chi connectivity index (χ2n) is 8.60. The number of aliphatic hydroxyl groups is 1. The largest absolute Gasteiger partial charge is 0.497 e. The van der Waals surface area contributed by atoms with Gasteiger partial charge in [0.15, 0.2) is 5.82 Å². The van der Waals surface area contributed by atoms with Crippen molar-refractivity contribution in [3.63, 3.8) is 0 Å². The molecule has 31 heavy (non-hydrogen) atoms. The summed E-state index contributed by atoms with van der Waals surface area (Å²) in [4.78, 5) is 6.79. The number of aliphatic hydroxyl groups excluding tert-OH is 1. The molecule has 1 aromatic carbocycles. The average molecular weight is 425 g/mol. The van der Waals surface area contributed by atoms with E-state index in [1.165, 1.54) is 0 Å². The Morgan fingerprint density at radius 3 is 2.94 bits per heavy atom. The van der Waals surface area contributed by atoms with Crippen molar-refractivity contribution < 1.29 is 9.84 Å². The lowest BCUT2D eigenvalue weighted by atomic mass is 10.0. The number of fused-ring (bicyclic) bond motifs is 1. The molecule has 1 aliphatic rings. The molecule has 3 aromatic rings. The number of likely N-dealkylation sites (tertiary alicyclic amines) is 1. The first-order valence-corrected chi connectivity index (χ1v) is 10.9. The summed E-state index contributed by atoms with van der Waals surface area (Å²) < 4.78 is 7.17. The lowest BCUT2D eigenvalue weighted by molar-refractivity contribution is 0.0364. The van der Waals surface area contributed by atoms with Crippen LogP contribution in [0.2, 0.25) is 0 Å². The fraction of sp³-hybridized carbons (Fsp3) is 0.478. The first-order valence-electron chi connectivity index (χ1n) is 10.9. The van der Waals surface area contributed by atoms with Crippen LogP contribution in [0, 0.1) is 5.92 Å². The lowest BCUT2D eigenvalue weighted by Crippen LogP contribution is -2.52. The van der Waals surface area contributed by atoms with Gasteiger partial charge in [-0.15, -0.1) is 0 Å². The number of nitrogens with zero attached hydrogens (tertiary/aromatic N) is 4. The maximum atomic E-state index is 10.6. The predicted octanol–water partition coefficient (Wildman–Crippen LogP) is 2.66. The van der Waals surface area contributed by atoms with Gasteiger partial charge in [-0.05, 0) is 42.6 Å². The van der Waals surface area contributed by atoms with Crippen molar-refractivity contribution in [3.05, 3.63) is 48.4 Å². The highest BCUT2D eigenvalue weighted by atomic mass is 16.5. The quantitative estimate of drug-likeness (QED) is 0.512. The molecule has 0 aliphatic carbocycles. The minimum Gasteiger partial charge on any atom is -0.497 e. The summed E-state index contributed by atoms with van der Waals surface area (Å²) >= 11 is 0. The van der Waals surface area contributed by atoms with Crippen LogP contribution < -0.4 is 15.4 Å². The summed E-state index contributed by atoms with van der Waals surface area (Å²) in [6.45, 7) is 7.64. The Bertz CT molecular complexity index is 1000. The van der Waals surface area contributed by atoms with Gasteiger partial charge in [-0.2, -0.15) is 5.10 Å². The van der Waals surface area contributed by atoms with Gasteiger partial charge in [-0.25, -0.2) is 9.50 Å². The zero-order chi connectivity index (χ0) is 21.8. The third kappa shape index (κ3) is 5.15. The predicted molar refractivity (Wildman–Crippen MR) is 122 cm³/mol. The summed E-state index contributed by atoms with van der Waals surface area (Å²) in [7, 11) is 1.66. The average Bonchev–Trinajstić information content (AvgIpc) is 3.17. The zero-order valence-electron chi connectivity index (χ0n) is 18.5. The molecule has 3 heterocycles. The van der Waals surface area contributed by atoms with E-state index < -0.39 is 0 Å². The third-order valence-electron chi connectivity index (χ3n) is 5.72. The molecular formula is C23H32N6O2. The van der Waals surface area contributed by atoms with Crippen LogP contribution in [0.1, 0.15) is 25.8 Å². The van der Waals surface area contributed by atoms with Gasteiger partial charge in [0.25, 0.3) is 0 Å². The van der Waals surface area contributed by atoms with Crippen LogP contribution in [0.4, 0.5) is 11.5 Å². The summed E-state index contributed by atoms with van der Waals surface area (Å²) in [6.07, 6.45) is 4.07. The molecule has 8 heteroatoms. The highest BCUT2D eigenvalue weighted by Crippen LogP contribution is 2.26. The number of rotatable bonds is 8. The highest BCUT2D eigenvalue weighted by molar-refractivity contribution is 5.76. The van der Waals surface area contributed by atoms with E-state index >= 15 is 0 Å². The van der Waals surface area contributed by atoms with Gasteiger partial charge in [-0.1, -0.05) is 19.9 Å². The van der Waals surface area contributed by atoms with E-state index in [0.29, 0.717) is 12.5 Å². The van der Waals surface area contributed by atoms with Crippen LogP contribution in [-0.2, 0) is 6.54 Å². The minimum absolute atomic E-state index is 0.165. The highest BCUT2D eigenvalue weighted by Gasteiger charge is 2.28. The molecular weight excluding hydrogens is 392 g/mol. The van der Waals surface area contributed by atoms with E-state index in [2.05, 4.69) is 45.5 Å². The number of benzene rings is 1. The number of ether oxygens (including phenoxy) is 1. The Labute approximate surface area is 183 Å². The molecule has 0 unspecified atom stereocenters. The number of nitrogens with one attached hydrogen (secondary N) is 2. The van der Waals surface area contributed by atoms with E-state index in [1.54, 1.807) is 13.4 Å². The van der Waals surface area contributed by atoms with Gasteiger partial charge in [-0.3, -0.25) is 4.90 Å². The maximum absolute atomic E-state index is 10.6. The molecule has 2 aromatic heterocycles. The van der Waals surface area contributed by atoms with Crippen LogP contribution in [0.15, 0.2) is 42.9 Å². The molecule has 8 nitrogen and oxygen atoms in total. The SMILES string of the molecule is COc1cccc(Nc2ncnn3ccc(CN4CC[C@@H](NCC(C)C)[C@H](O)C4)c23)c1. The molecule has 166 valence electrons. The fourth-order valence-electron chi connectivity index (χ4n) is 4.08. The monoisotopic (exact) mass is 424 g/mol. The lowest BCUT2D eigenvalue weighted by Gasteiger charge is -2.36. The second-order valence-corrected chi connectivity index (χ2v) is 8.60. The van der Waals surface area contributed by atoms with Crippen molar-refractivity contribution in [2.24, 2.45) is 5.92 Å². The fourth-order valence-corrected chi connectivity index (χ4v) is 4.08. The van der Waals surface area contributed by atoms with Gasteiger partial charge in [0.05, 0.1) is 13.2 Å². The molecule has 4 rings (SSSR count). The maximum Gasteiger partial charge on any atom is 0.158 e. The van der Waals surface area contributed by atoms with Crippen LogP contribution in [-0.4, -0.2) is 63.5 Å². The van der Waals surface area contributed by atoms with Crippen LogP contribution in [0.25, 0.3) is 5.52 Å². The van der Waals surface area contributed by atoms with Gasteiger partial charge < -0.3 is 20.5 Å². The van der Waals surface area contributed by atoms with Crippen molar-refractivity contribution in [3.8, 4) is 5.75 Å². The third-order valence-corrected chi connectivity index (χ3v) is 5.72. The molecule has 0 saturated carbocycles. The molecule has 1 fully saturated rings. The minimum atomic E-state index is -0.369. The summed E-state index contributed by atoms with van der Waals surface area (Å²) in [5, 5.41) is 21.9. The standard InChI is InChI=1S/C23H32N6O2/c1-16(2)12-24-20-8-9-28(14-21(20)30)13-17-7-10-29-22(17)23(25-15-26-29)27-18-5-4-6-19(11-18)31-3/h4-7,10-11,15-16,20-21,24,30H,8-9,12-14H2,1-3H3,(H,25,26,27)/t20-,21-/m1/s1. The number of hydrogen-bond donors (Lipinski definition) is 3. The number of anilines is 2. The van der Waals surface area contributed by atoms with Gasteiger partial charge >= 0.3 is 0 Å². The number of aromatic nitrogens is 3. The molecule has 0 amide bonds. The van der Waals surface area contributed by atoms with Crippen LogP contribution in [0.5, 0.6) is 5.75 Å². The van der Waals surface area contributed by atoms with E-state index in [-0.39, 0.29) is 12.1 Å². The van der Waals surface area contributed by atoms with Crippen molar-refractivity contribution in [2.45, 2.75) is 39.0 Å². The summed E-state index contributed by atoms with van der Waals surface area (Å²) in [5.41, 5.74) is 2.98. The van der Waals surface area contributed by atoms with Gasteiger partial charge in [0.1, 0.15) is 17.6 Å². The topological polar surface area (TPSA) is 87.0 Å². The number of methoxy groups -OCH3 is 1. The molecule has 0 spiro atoms. The smallest absolute Gasteiger partial charge is 0.158 e. The van der Waals surface area contributed by atoms with Gasteiger partial charge in [0, 0.05) is 43.6 Å². The van der Waals surface area contributed by atoms with Crippen molar-refractivity contribution in [1.82, 2.24) is 24.8 Å². The Morgan fingerprint density at radius 2 is 2.16 bits per heavy atom. The van der Waals surface area contributed by atoms with Crippen molar-refractivity contribution >= 4 is 17.0 Å². The van der Waals surface area contributed by atoms with E-state index in [4.69, 9.17) is 4.74 Å². The first kappa shape index (κ1) is 21.5. The Morgan fingerprint density at radius 1 is 1.29 bits per heavy atom. The Kier molecular flexibility index (Phi) is 6.70.